The van der Waals surface area contributed by atoms with Gasteiger partial charge in [-0.2, -0.15) is 0 Å². The monoisotopic (exact) mass is 376 g/mol. The fourth-order valence-corrected chi connectivity index (χ4v) is 3.56. The third kappa shape index (κ3) is 3.96. The van der Waals surface area contributed by atoms with Crippen molar-refractivity contribution in [2.75, 3.05) is 5.32 Å². The van der Waals surface area contributed by atoms with Crippen molar-refractivity contribution < 1.29 is 4.79 Å². The van der Waals surface area contributed by atoms with Crippen LogP contribution in [-0.2, 0) is 11.2 Å². The van der Waals surface area contributed by atoms with Gasteiger partial charge in [0.1, 0.15) is 5.01 Å². The molecular weight excluding hydrogens is 363 g/mol. The number of aryl methyl sites for hydroxylation is 1. The van der Waals surface area contributed by atoms with Crippen LogP contribution in [0.4, 0.5) is 5.69 Å². The average Bonchev–Trinajstić information content (AvgIpc) is 2.97. The largest absolute Gasteiger partial charge is 0.325 e. The first-order valence-electron chi connectivity index (χ1n) is 7.28. The maximum absolute atomic E-state index is 12.2. The SMILES string of the molecule is Cc1ccccc1NC(=O)Cc1nc(-c2ccc(Cl)cc2Cl)cs1. The van der Waals surface area contributed by atoms with E-state index in [-0.39, 0.29) is 12.3 Å². The molecule has 0 aliphatic rings. The second-order valence-electron chi connectivity index (χ2n) is 5.29. The third-order valence-electron chi connectivity index (χ3n) is 3.49. The number of rotatable bonds is 4. The van der Waals surface area contributed by atoms with Gasteiger partial charge in [0.05, 0.1) is 17.1 Å². The molecule has 0 atom stereocenters. The molecule has 6 heteroatoms. The van der Waals surface area contributed by atoms with Gasteiger partial charge in [-0.25, -0.2) is 4.98 Å². The number of anilines is 1. The molecule has 0 bridgehead atoms. The Morgan fingerprint density at radius 1 is 1.21 bits per heavy atom. The van der Waals surface area contributed by atoms with Crippen molar-refractivity contribution in [3.05, 3.63) is 68.5 Å². The van der Waals surface area contributed by atoms with Gasteiger partial charge in [0.2, 0.25) is 5.91 Å². The van der Waals surface area contributed by atoms with Crippen molar-refractivity contribution >= 4 is 46.1 Å². The van der Waals surface area contributed by atoms with Gasteiger partial charge in [-0.1, -0.05) is 41.4 Å². The van der Waals surface area contributed by atoms with Crippen LogP contribution in [0.3, 0.4) is 0 Å². The summed E-state index contributed by atoms with van der Waals surface area (Å²) in [4.78, 5) is 16.7. The Bertz CT molecular complexity index is 892. The van der Waals surface area contributed by atoms with Gasteiger partial charge in [-0.05, 0) is 36.8 Å². The molecule has 0 radical (unpaired) electrons. The molecule has 0 aliphatic carbocycles. The molecule has 1 aromatic heterocycles. The molecule has 1 amide bonds. The Labute approximate surface area is 154 Å². The summed E-state index contributed by atoms with van der Waals surface area (Å²) in [6.07, 6.45) is 0.226. The maximum Gasteiger partial charge on any atom is 0.231 e. The molecule has 0 spiro atoms. The number of nitrogens with zero attached hydrogens (tertiary/aromatic N) is 1. The minimum Gasteiger partial charge on any atom is -0.325 e. The van der Waals surface area contributed by atoms with Crippen LogP contribution in [0.2, 0.25) is 10.0 Å². The Kier molecular flexibility index (Phi) is 5.19. The van der Waals surface area contributed by atoms with Gasteiger partial charge in [-0.15, -0.1) is 11.3 Å². The van der Waals surface area contributed by atoms with Gasteiger partial charge in [-0.3, -0.25) is 4.79 Å². The number of carbonyl (C=O) groups is 1. The summed E-state index contributed by atoms with van der Waals surface area (Å²) in [5.41, 5.74) is 3.40. The molecule has 122 valence electrons. The highest BCUT2D eigenvalue weighted by molar-refractivity contribution is 7.10. The predicted octanol–water partition coefficient (Wildman–Crippen LogP) is 5.61. The van der Waals surface area contributed by atoms with Crippen molar-refractivity contribution in [2.45, 2.75) is 13.3 Å². The minimum atomic E-state index is -0.0904. The molecule has 0 saturated heterocycles. The van der Waals surface area contributed by atoms with Crippen molar-refractivity contribution in [1.82, 2.24) is 4.98 Å². The quantitative estimate of drug-likeness (QED) is 0.642. The zero-order chi connectivity index (χ0) is 17.1. The average molecular weight is 377 g/mol. The summed E-state index contributed by atoms with van der Waals surface area (Å²) >= 11 is 13.6. The van der Waals surface area contributed by atoms with E-state index in [1.54, 1.807) is 12.1 Å². The molecule has 0 fully saturated rings. The Hall–Kier alpha value is -1.88. The molecule has 3 nitrogen and oxygen atoms in total. The van der Waals surface area contributed by atoms with Crippen LogP contribution in [0.25, 0.3) is 11.3 Å². The van der Waals surface area contributed by atoms with E-state index in [1.807, 2.05) is 42.6 Å². The van der Waals surface area contributed by atoms with Gasteiger partial charge < -0.3 is 5.32 Å². The van der Waals surface area contributed by atoms with Crippen LogP contribution < -0.4 is 5.32 Å². The number of amides is 1. The third-order valence-corrected chi connectivity index (χ3v) is 4.89. The van der Waals surface area contributed by atoms with E-state index in [1.165, 1.54) is 11.3 Å². The number of nitrogens with one attached hydrogen (secondary N) is 1. The molecule has 0 aliphatic heterocycles. The number of aromatic nitrogens is 1. The second kappa shape index (κ2) is 7.34. The standard InChI is InChI=1S/C18H14Cl2N2OS/c1-11-4-2-3-5-15(11)21-17(23)9-18-22-16(10-24-18)13-7-6-12(19)8-14(13)20/h2-8,10H,9H2,1H3,(H,21,23). The van der Waals surface area contributed by atoms with E-state index in [4.69, 9.17) is 23.2 Å². The molecule has 1 heterocycles. The van der Waals surface area contributed by atoms with Crippen molar-refractivity contribution in [3.8, 4) is 11.3 Å². The van der Waals surface area contributed by atoms with E-state index in [9.17, 15) is 4.79 Å². The number of para-hydroxylation sites is 1. The first-order chi connectivity index (χ1) is 11.5. The van der Waals surface area contributed by atoms with Gasteiger partial charge in [0.25, 0.3) is 0 Å². The van der Waals surface area contributed by atoms with Gasteiger partial charge in [0, 0.05) is 21.7 Å². The number of hydrogen-bond donors (Lipinski definition) is 1. The van der Waals surface area contributed by atoms with Crippen LogP contribution >= 0.6 is 34.5 Å². The van der Waals surface area contributed by atoms with Crippen molar-refractivity contribution in [2.24, 2.45) is 0 Å². The van der Waals surface area contributed by atoms with Gasteiger partial charge >= 0.3 is 0 Å². The number of halogens is 2. The molecular formula is C18H14Cl2N2OS. The van der Waals surface area contributed by atoms with Crippen LogP contribution in [0.1, 0.15) is 10.6 Å². The lowest BCUT2D eigenvalue weighted by Gasteiger charge is -2.06. The molecule has 0 unspecified atom stereocenters. The fraction of sp³-hybridized carbons (Fsp3) is 0.111. The zero-order valence-corrected chi connectivity index (χ0v) is 15.2. The second-order valence-corrected chi connectivity index (χ2v) is 7.08. The summed E-state index contributed by atoms with van der Waals surface area (Å²) in [6.45, 7) is 1.96. The van der Waals surface area contributed by atoms with Crippen LogP contribution in [0, 0.1) is 6.92 Å². The minimum absolute atomic E-state index is 0.0904. The van der Waals surface area contributed by atoms with Gasteiger partial charge in [0.15, 0.2) is 0 Å². The first-order valence-corrected chi connectivity index (χ1v) is 8.92. The van der Waals surface area contributed by atoms with E-state index in [0.717, 1.165) is 27.5 Å². The van der Waals surface area contributed by atoms with E-state index >= 15 is 0 Å². The smallest absolute Gasteiger partial charge is 0.231 e. The highest BCUT2D eigenvalue weighted by atomic mass is 35.5. The highest BCUT2D eigenvalue weighted by Gasteiger charge is 2.12. The summed E-state index contributed by atoms with van der Waals surface area (Å²) in [5, 5.41) is 6.67. The normalized spacial score (nSPS) is 10.6. The molecule has 24 heavy (non-hydrogen) atoms. The zero-order valence-electron chi connectivity index (χ0n) is 12.8. The summed E-state index contributed by atoms with van der Waals surface area (Å²) in [7, 11) is 0. The lowest BCUT2D eigenvalue weighted by atomic mass is 10.2. The lowest BCUT2D eigenvalue weighted by molar-refractivity contribution is -0.115. The molecule has 0 saturated carbocycles. The van der Waals surface area contributed by atoms with E-state index in [2.05, 4.69) is 10.3 Å². The summed E-state index contributed by atoms with van der Waals surface area (Å²) < 4.78 is 0. The maximum atomic E-state index is 12.2. The Balaban J connectivity index is 1.72. The number of hydrogen-bond acceptors (Lipinski definition) is 3. The van der Waals surface area contributed by atoms with Crippen LogP contribution in [-0.4, -0.2) is 10.9 Å². The Morgan fingerprint density at radius 3 is 2.75 bits per heavy atom. The van der Waals surface area contributed by atoms with Crippen molar-refractivity contribution in [3.63, 3.8) is 0 Å². The summed E-state index contributed by atoms with van der Waals surface area (Å²) in [6, 6.07) is 13.0. The number of carbonyl (C=O) groups excluding carboxylic acids is 1. The number of thiazole rings is 1. The molecule has 3 aromatic rings. The molecule has 1 N–H and O–H groups in total. The summed E-state index contributed by atoms with van der Waals surface area (Å²) in [5.74, 6) is -0.0904. The molecule has 2 aromatic carbocycles. The van der Waals surface area contributed by atoms with Crippen LogP contribution in [0.15, 0.2) is 47.8 Å². The highest BCUT2D eigenvalue weighted by Crippen LogP contribution is 2.31. The number of benzene rings is 2. The predicted molar refractivity (Wildman–Crippen MR) is 101 cm³/mol. The van der Waals surface area contributed by atoms with E-state index < -0.39 is 0 Å². The fourth-order valence-electron chi connectivity index (χ4n) is 2.26. The Morgan fingerprint density at radius 2 is 2.00 bits per heavy atom. The topological polar surface area (TPSA) is 42.0 Å². The van der Waals surface area contributed by atoms with Crippen molar-refractivity contribution in [1.29, 1.82) is 0 Å². The lowest BCUT2D eigenvalue weighted by Crippen LogP contribution is -2.14. The molecule has 3 rings (SSSR count). The first kappa shape index (κ1) is 17.0. The van der Waals surface area contributed by atoms with Crippen LogP contribution in [0.5, 0.6) is 0 Å². The van der Waals surface area contributed by atoms with E-state index in [0.29, 0.717) is 10.0 Å².